The molecule has 1 amide bonds. The first-order chi connectivity index (χ1) is 15.8. The van der Waals surface area contributed by atoms with E-state index in [4.69, 9.17) is 4.98 Å². The van der Waals surface area contributed by atoms with Gasteiger partial charge < -0.3 is 9.47 Å². The van der Waals surface area contributed by atoms with E-state index in [0.29, 0.717) is 13.0 Å². The molecule has 1 saturated heterocycles. The normalized spacial score (nSPS) is 16.3. The minimum atomic E-state index is 0.0603. The molecular formula is C28H23N3O. The molecule has 0 spiro atoms. The molecule has 32 heavy (non-hydrogen) atoms. The minimum Gasteiger partial charge on any atom is -0.323 e. The van der Waals surface area contributed by atoms with Gasteiger partial charge in [-0.25, -0.2) is 4.98 Å². The number of benzene rings is 4. The summed E-state index contributed by atoms with van der Waals surface area (Å²) in [5.41, 5.74) is 4.31. The third-order valence-corrected chi connectivity index (χ3v) is 6.45. The van der Waals surface area contributed by atoms with Crippen molar-refractivity contribution in [3.8, 4) is 0 Å². The van der Waals surface area contributed by atoms with Crippen molar-refractivity contribution in [2.45, 2.75) is 18.9 Å². The molecule has 156 valence electrons. The second-order valence-electron chi connectivity index (χ2n) is 8.42. The number of para-hydroxylation sites is 3. The molecule has 0 N–H and O–H groups in total. The predicted molar refractivity (Wildman–Crippen MR) is 129 cm³/mol. The van der Waals surface area contributed by atoms with Gasteiger partial charge >= 0.3 is 0 Å². The molecule has 0 aliphatic carbocycles. The Hall–Kier alpha value is -3.92. The lowest BCUT2D eigenvalue weighted by atomic mass is 10.0. The van der Waals surface area contributed by atoms with E-state index in [1.54, 1.807) is 0 Å². The fourth-order valence-corrected chi connectivity index (χ4v) is 4.91. The Balaban J connectivity index is 1.43. The molecule has 6 rings (SSSR count). The van der Waals surface area contributed by atoms with Gasteiger partial charge in [0.2, 0.25) is 5.91 Å². The van der Waals surface area contributed by atoms with Gasteiger partial charge in [0, 0.05) is 31.1 Å². The third kappa shape index (κ3) is 3.16. The van der Waals surface area contributed by atoms with Gasteiger partial charge in [-0.3, -0.25) is 4.79 Å². The summed E-state index contributed by atoms with van der Waals surface area (Å²) in [6.45, 7) is 1.38. The Morgan fingerprint density at radius 1 is 0.812 bits per heavy atom. The summed E-state index contributed by atoms with van der Waals surface area (Å²) in [6.07, 6.45) is 0.480. The Morgan fingerprint density at radius 2 is 1.56 bits per heavy atom. The van der Waals surface area contributed by atoms with Crippen molar-refractivity contribution >= 4 is 33.4 Å². The summed E-state index contributed by atoms with van der Waals surface area (Å²) in [4.78, 5) is 19.8. The van der Waals surface area contributed by atoms with E-state index in [-0.39, 0.29) is 11.8 Å². The molecule has 0 saturated carbocycles. The first-order valence-electron chi connectivity index (χ1n) is 11.0. The standard InChI is InChI=1S/C28H23N3O/c32-27-17-22(19-30(27)23-12-2-1-3-13-23)28-29-25-15-6-7-16-26(25)31(28)18-21-11-8-10-20-9-4-5-14-24(20)21/h1-16,22H,17-19H2. The van der Waals surface area contributed by atoms with Gasteiger partial charge in [-0.2, -0.15) is 0 Å². The zero-order valence-corrected chi connectivity index (χ0v) is 17.7. The number of fused-ring (bicyclic) bond motifs is 2. The summed E-state index contributed by atoms with van der Waals surface area (Å²) >= 11 is 0. The van der Waals surface area contributed by atoms with E-state index in [9.17, 15) is 4.79 Å². The van der Waals surface area contributed by atoms with Gasteiger partial charge in [0.15, 0.2) is 0 Å². The van der Waals surface area contributed by atoms with E-state index in [0.717, 1.165) is 29.1 Å². The van der Waals surface area contributed by atoms with Gasteiger partial charge in [-0.1, -0.05) is 72.8 Å². The SMILES string of the molecule is O=C1CC(c2nc3ccccc3n2Cc2cccc3ccccc23)CN1c1ccccc1. The van der Waals surface area contributed by atoms with Crippen molar-refractivity contribution in [3.05, 3.63) is 108 Å². The number of carbonyl (C=O) groups excluding carboxylic acids is 1. The van der Waals surface area contributed by atoms with Crippen LogP contribution >= 0.6 is 0 Å². The molecule has 0 radical (unpaired) electrons. The number of rotatable bonds is 4. The van der Waals surface area contributed by atoms with Gasteiger partial charge in [0.25, 0.3) is 0 Å². The minimum absolute atomic E-state index is 0.0603. The maximum absolute atomic E-state index is 12.9. The molecule has 4 heteroatoms. The van der Waals surface area contributed by atoms with E-state index in [2.05, 4.69) is 65.2 Å². The van der Waals surface area contributed by atoms with Crippen molar-refractivity contribution in [1.82, 2.24) is 9.55 Å². The Labute approximate surface area is 186 Å². The molecule has 1 atom stereocenters. The maximum atomic E-state index is 12.9. The van der Waals surface area contributed by atoms with E-state index >= 15 is 0 Å². The molecule has 1 aliphatic rings. The van der Waals surface area contributed by atoms with E-state index in [1.165, 1.54) is 16.3 Å². The average molecular weight is 418 g/mol. The smallest absolute Gasteiger partial charge is 0.227 e. The Morgan fingerprint density at radius 3 is 2.47 bits per heavy atom. The van der Waals surface area contributed by atoms with Crippen LogP contribution in [0.4, 0.5) is 5.69 Å². The second-order valence-corrected chi connectivity index (χ2v) is 8.42. The van der Waals surface area contributed by atoms with Crippen molar-refractivity contribution in [3.63, 3.8) is 0 Å². The number of hydrogen-bond donors (Lipinski definition) is 0. The largest absolute Gasteiger partial charge is 0.323 e. The highest BCUT2D eigenvalue weighted by Gasteiger charge is 2.34. The molecule has 5 aromatic rings. The number of imidazole rings is 1. The van der Waals surface area contributed by atoms with Gasteiger partial charge in [-0.15, -0.1) is 0 Å². The van der Waals surface area contributed by atoms with Crippen LogP contribution in [0.15, 0.2) is 97.1 Å². The lowest BCUT2D eigenvalue weighted by molar-refractivity contribution is -0.117. The Kier molecular flexibility index (Phi) is 4.50. The van der Waals surface area contributed by atoms with Crippen LogP contribution < -0.4 is 4.90 Å². The molecule has 1 fully saturated rings. The van der Waals surface area contributed by atoms with Crippen LogP contribution in [-0.4, -0.2) is 22.0 Å². The lowest BCUT2D eigenvalue weighted by Crippen LogP contribution is -2.24. The third-order valence-electron chi connectivity index (χ3n) is 6.45. The van der Waals surface area contributed by atoms with Crippen LogP contribution in [-0.2, 0) is 11.3 Å². The van der Waals surface area contributed by atoms with Gasteiger partial charge in [-0.05, 0) is 40.6 Å². The van der Waals surface area contributed by atoms with Gasteiger partial charge in [0.05, 0.1) is 11.0 Å². The highest BCUT2D eigenvalue weighted by Crippen LogP contribution is 2.34. The molecule has 4 nitrogen and oxygen atoms in total. The van der Waals surface area contributed by atoms with Crippen LogP contribution in [0.1, 0.15) is 23.7 Å². The number of carbonyl (C=O) groups is 1. The second kappa shape index (κ2) is 7.65. The lowest BCUT2D eigenvalue weighted by Gasteiger charge is -2.18. The van der Waals surface area contributed by atoms with Crippen LogP contribution in [0.5, 0.6) is 0 Å². The molecule has 4 aromatic carbocycles. The summed E-state index contributed by atoms with van der Waals surface area (Å²) in [6, 6.07) is 33.2. The number of amides is 1. The molecule has 1 unspecified atom stereocenters. The average Bonchev–Trinajstić information content (AvgIpc) is 3.40. The first-order valence-corrected chi connectivity index (χ1v) is 11.0. The zero-order chi connectivity index (χ0) is 21.5. The van der Waals surface area contributed by atoms with Crippen LogP contribution in [0.25, 0.3) is 21.8 Å². The monoisotopic (exact) mass is 417 g/mol. The van der Waals surface area contributed by atoms with Crippen LogP contribution in [0.3, 0.4) is 0 Å². The Bertz CT molecular complexity index is 1430. The van der Waals surface area contributed by atoms with Crippen LogP contribution in [0, 0.1) is 0 Å². The van der Waals surface area contributed by atoms with Crippen molar-refractivity contribution in [2.75, 3.05) is 11.4 Å². The summed E-state index contributed by atoms with van der Waals surface area (Å²) < 4.78 is 2.31. The van der Waals surface area contributed by atoms with E-state index < -0.39 is 0 Å². The fourth-order valence-electron chi connectivity index (χ4n) is 4.91. The number of nitrogens with zero attached hydrogens (tertiary/aromatic N) is 3. The fraction of sp³-hybridized carbons (Fsp3) is 0.143. The first kappa shape index (κ1) is 18.8. The molecule has 1 aliphatic heterocycles. The number of hydrogen-bond acceptors (Lipinski definition) is 2. The number of anilines is 1. The van der Waals surface area contributed by atoms with Crippen LogP contribution in [0.2, 0.25) is 0 Å². The van der Waals surface area contributed by atoms with Crippen molar-refractivity contribution in [2.24, 2.45) is 0 Å². The summed E-state index contributed by atoms with van der Waals surface area (Å²) in [5.74, 6) is 1.21. The molecule has 2 heterocycles. The topological polar surface area (TPSA) is 38.1 Å². The molecular weight excluding hydrogens is 394 g/mol. The van der Waals surface area contributed by atoms with E-state index in [1.807, 2.05) is 41.3 Å². The highest BCUT2D eigenvalue weighted by molar-refractivity contribution is 5.96. The molecule has 0 bridgehead atoms. The molecule has 1 aromatic heterocycles. The predicted octanol–water partition coefficient (Wildman–Crippen LogP) is 5.76. The highest BCUT2D eigenvalue weighted by atomic mass is 16.2. The zero-order valence-electron chi connectivity index (χ0n) is 17.7. The van der Waals surface area contributed by atoms with Crippen molar-refractivity contribution < 1.29 is 4.79 Å². The quantitative estimate of drug-likeness (QED) is 0.373. The maximum Gasteiger partial charge on any atom is 0.227 e. The summed E-state index contributed by atoms with van der Waals surface area (Å²) in [7, 11) is 0. The summed E-state index contributed by atoms with van der Waals surface area (Å²) in [5, 5.41) is 2.49. The van der Waals surface area contributed by atoms with Crippen molar-refractivity contribution in [1.29, 1.82) is 0 Å². The van der Waals surface area contributed by atoms with Gasteiger partial charge in [0.1, 0.15) is 5.82 Å². The number of aromatic nitrogens is 2.